The van der Waals surface area contributed by atoms with E-state index in [0.717, 1.165) is 11.3 Å². The van der Waals surface area contributed by atoms with Gasteiger partial charge in [-0.25, -0.2) is 8.78 Å². The zero-order valence-electron chi connectivity index (χ0n) is 20.5. The SMILES string of the molecule is BC1(B)CN(C(=O)c2ccc(F)c(Cl)c2)C(B)(B)C(B)(B)C1(F)CNCc1ccc(C)cn1. The van der Waals surface area contributed by atoms with Crippen LogP contribution in [-0.4, -0.2) is 87.0 Å². The number of nitrogens with zero attached hydrogens (tertiary/aromatic N) is 2. The molecule has 1 fully saturated rings. The first-order valence-electron chi connectivity index (χ1n) is 11.2. The highest BCUT2D eigenvalue weighted by Gasteiger charge is 2.66. The summed E-state index contributed by atoms with van der Waals surface area (Å²) in [5.41, 5.74) is 0.575. The number of aromatic nitrogens is 1. The minimum Gasteiger partial charge on any atom is -0.350 e. The van der Waals surface area contributed by atoms with Gasteiger partial charge in [-0.05, 0) is 52.5 Å². The van der Waals surface area contributed by atoms with Crippen LogP contribution in [0, 0.1) is 12.7 Å². The van der Waals surface area contributed by atoms with Crippen LogP contribution in [0.1, 0.15) is 21.6 Å². The van der Waals surface area contributed by atoms with E-state index in [2.05, 4.69) is 10.3 Å². The van der Waals surface area contributed by atoms with Gasteiger partial charge in [-0.1, -0.05) is 17.7 Å². The Kier molecular flexibility index (Phi) is 6.96. The molecule has 1 aromatic carbocycles. The van der Waals surface area contributed by atoms with Crippen LogP contribution < -0.4 is 5.32 Å². The number of aryl methyl sites for hydroxylation is 1. The van der Waals surface area contributed by atoms with E-state index in [9.17, 15) is 9.18 Å². The molecule has 0 spiro atoms. The quantitative estimate of drug-likeness (QED) is 0.512. The van der Waals surface area contributed by atoms with Crippen molar-refractivity contribution in [3.8, 4) is 0 Å². The minimum absolute atomic E-state index is 0.108. The van der Waals surface area contributed by atoms with Gasteiger partial charge in [0.1, 0.15) is 58.6 Å². The number of nitrogens with one attached hydrogen (secondary N) is 1. The van der Waals surface area contributed by atoms with E-state index in [1.165, 1.54) is 18.2 Å². The third-order valence-corrected chi connectivity index (χ3v) is 8.17. The van der Waals surface area contributed by atoms with Crippen molar-refractivity contribution in [3.05, 3.63) is 64.2 Å². The lowest BCUT2D eigenvalue weighted by Crippen LogP contribution is -2.77. The third kappa shape index (κ3) is 4.41. The van der Waals surface area contributed by atoms with Crippen LogP contribution >= 0.6 is 11.6 Å². The second-order valence-corrected chi connectivity index (χ2v) is 11.2. The average molecular weight is 465 g/mol. The highest BCUT2D eigenvalue weighted by molar-refractivity contribution is 6.57. The lowest BCUT2D eigenvalue weighted by molar-refractivity contribution is 0.00360. The lowest BCUT2D eigenvalue weighted by Gasteiger charge is -2.67. The number of halogens is 3. The number of carbonyl (C=O) groups is 1. The fourth-order valence-electron chi connectivity index (χ4n) is 4.92. The smallest absolute Gasteiger partial charge is 0.252 e. The Morgan fingerprint density at radius 3 is 2.42 bits per heavy atom. The van der Waals surface area contributed by atoms with Crippen LogP contribution in [-0.2, 0) is 6.54 Å². The maximum absolute atomic E-state index is 17.1. The first-order chi connectivity index (χ1) is 15.1. The molecule has 3 rings (SSSR count). The molecule has 0 saturated carbocycles. The van der Waals surface area contributed by atoms with Crippen LogP contribution in [0.5, 0.6) is 0 Å². The average Bonchev–Trinajstić information content (AvgIpc) is 2.73. The van der Waals surface area contributed by atoms with Gasteiger partial charge in [-0.15, -0.1) is 0 Å². The van der Waals surface area contributed by atoms with Crippen molar-refractivity contribution in [2.45, 2.75) is 34.9 Å². The van der Waals surface area contributed by atoms with E-state index >= 15 is 4.39 Å². The molecule has 1 saturated heterocycles. The van der Waals surface area contributed by atoms with Gasteiger partial charge in [0.15, 0.2) is 0 Å². The first kappa shape index (κ1) is 26.0. The fourth-order valence-corrected chi connectivity index (χ4v) is 5.10. The largest absolute Gasteiger partial charge is 0.350 e. The molecule has 1 unspecified atom stereocenters. The molecule has 0 aliphatic carbocycles. The number of amides is 1. The van der Waals surface area contributed by atoms with E-state index in [1.807, 2.05) is 66.1 Å². The number of carbonyl (C=O) groups excluding carboxylic acids is 1. The molecule has 1 N–H and O–H groups in total. The number of likely N-dealkylation sites (tertiary alicyclic amines) is 1. The standard InChI is InChI=1S/C20H28B6ClF2N3O/c1-11-2-4-13(31-7-11)8-30-9-17(29)18(21,22)10-32(20(25,26)19(17,23)24)16(33)12-3-5-15(28)14(27)6-12/h2-7,30H,8-10,21-26H2,1H3. The third-order valence-electron chi connectivity index (χ3n) is 7.88. The summed E-state index contributed by atoms with van der Waals surface area (Å²) in [4.78, 5) is 19.6. The minimum atomic E-state index is -1.63. The van der Waals surface area contributed by atoms with E-state index in [0.29, 0.717) is 6.54 Å². The summed E-state index contributed by atoms with van der Waals surface area (Å²) in [5.74, 6) is -0.870. The van der Waals surface area contributed by atoms with Gasteiger partial charge < -0.3 is 10.2 Å². The van der Waals surface area contributed by atoms with Crippen molar-refractivity contribution in [2.24, 2.45) is 0 Å². The van der Waals surface area contributed by atoms with E-state index in [1.54, 1.807) is 11.1 Å². The van der Waals surface area contributed by atoms with Crippen LogP contribution in [0.3, 0.4) is 0 Å². The normalized spacial score (nSPS) is 23.2. The number of rotatable bonds is 5. The van der Waals surface area contributed by atoms with E-state index in [-0.39, 0.29) is 29.6 Å². The Labute approximate surface area is 205 Å². The van der Waals surface area contributed by atoms with Crippen LogP contribution in [0.2, 0.25) is 15.5 Å². The lowest BCUT2D eigenvalue weighted by atomic mass is 9.21. The Bertz CT molecular complexity index is 1060. The maximum Gasteiger partial charge on any atom is 0.252 e. The molecular weight excluding hydrogens is 437 g/mol. The predicted octanol–water partition coefficient (Wildman–Crippen LogP) is -2.18. The van der Waals surface area contributed by atoms with Crippen LogP contribution in [0.25, 0.3) is 0 Å². The summed E-state index contributed by atoms with van der Waals surface area (Å²) >= 11 is 5.92. The summed E-state index contributed by atoms with van der Waals surface area (Å²) in [6, 6.07) is 7.86. The van der Waals surface area contributed by atoms with Crippen molar-refractivity contribution in [2.75, 3.05) is 13.1 Å². The molecule has 1 aliphatic heterocycles. The van der Waals surface area contributed by atoms with E-state index < -0.39 is 27.3 Å². The summed E-state index contributed by atoms with van der Waals surface area (Å²) in [5, 5.41) is 0.543. The van der Waals surface area contributed by atoms with Crippen molar-refractivity contribution < 1.29 is 13.6 Å². The van der Waals surface area contributed by atoms with Gasteiger partial charge >= 0.3 is 0 Å². The number of pyridine rings is 1. The molecular formula is C20H28B6ClF2N3O. The molecule has 1 amide bonds. The molecule has 33 heavy (non-hydrogen) atoms. The predicted molar refractivity (Wildman–Crippen MR) is 146 cm³/mol. The molecule has 1 atom stereocenters. The highest BCUT2D eigenvalue weighted by Crippen LogP contribution is 2.59. The monoisotopic (exact) mass is 465 g/mol. The molecule has 1 aliphatic rings. The second kappa shape index (κ2) is 8.84. The van der Waals surface area contributed by atoms with Crippen molar-refractivity contribution in [1.29, 1.82) is 0 Å². The molecule has 2 aromatic rings. The fraction of sp³-hybridized carbons (Fsp3) is 0.400. The van der Waals surface area contributed by atoms with Gasteiger partial charge in [0.2, 0.25) is 0 Å². The zero-order chi connectivity index (χ0) is 24.8. The zero-order valence-corrected chi connectivity index (χ0v) is 21.3. The molecule has 1 aromatic heterocycles. The second-order valence-electron chi connectivity index (χ2n) is 10.8. The molecule has 0 radical (unpaired) electrons. The van der Waals surface area contributed by atoms with Crippen molar-refractivity contribution in [3.63, 3.8) is 0 Å². The summed E-state index contributed by atoms with van der Waals surface area (Å²) in [6.45, 7) is 2.76. The van der Waals surface area contributed by atoms with Crippen LogP contribution in [0.4, 0.5) is 8.78 Å². The number of alkyl halides is 1. The topological polar surface area (TPSA) is 45.2 Å². The first-order valence-corrected chi connectivity index (χ1v) is 11.6. The molecule has 0 bridgehead atoms. The van der Waals surface area contributed by atoms with Gasteiger partial charge in [0.05, 0.1) is 10.7 Å². The molecule has 168 valence electrons. The Morgan fingerprint density at radius 2 is 1.85 bits per heavy atom. The Hall–Kier alpha value is -1.66. The van der Waals surface area contributed by atoms with Crippen LogP contribution in [0.15, 0.2) is 36.5 Å². The molecule has 4 nitrogen and oxygen atoms in total. The van der Waals surface area contributed by atoms with Crippen molar-refractivity contribution in [1.82, 2.24) is 15.2 Å². The van der Waals surface area contributed by atoms with Gasteiger partial charge in [0.25, 0.3) is 5.91 Å². The molecule has 2 heterocycles. The number of piperidine rings is 1. The summed E-state index contributed by atoms with van der Waals surface area (Å²) in [7, 11) is 11.2. The number of hydrogen-bond acceptors (Lipinski definition) is 3. The highest BCUT2D eigenvalue weighted by atomic mass is 35.5. The van der Waals surface area contributed by atoms with E-state index in [4.69, 9.17) is 11.6 Å². The van der Waals surface area contributed by atoms with Crippen molar-refractivity contribution >= 4 is 64.6 Å². The van der Waals surface area contributed by atoms with Gasteiger partial charge in [-0.2, -0.15) is 0 Å². The van der Waals surface area contributed by atoms with Gasteiger partial charge in [0, 0.05) is 31.4 Å². The summed E-state index contributed by atoms with van der Waals surface area (Å²) < 4.78 is 30.7. The molecule has 13 heteroatoms. The van der Waals surface area contributed by atoms with Gasteiger partial charge in [-0.3, -0.25) is 9.78 Å². The Balaban J connectivity index is 1.89. The number of benzene rings is 1. The Morgan fingerprint density at radius 1 is 1.18 bits per heavy atom. The maximum atomic E-state index is 17.1. The number of hydrogen-bond donors (Lipinski definition) is 1. The summed E-state index contributed by atoms with van der Waals surface area (Å²) in [6.07, 6.45) is 1.80.